The zero-order chi connectivity index (χ0) is 36.3. The molecule has 9 heteroatoms. The summed E-state index contributed by atoms with van der Waals surface area (Å²) in [5.74, 6) is 3.29. The molecule has 10 rings (SSSR count). The van der Waals surface area contributed by atoms with Crippen LogP contribution in [-0.4, -0.2) is 29.9 Å². The molecule has 0 atom stereocenters. The van der Waals surface area contributed by atoms with Crippen molar-refractivity contribution in [2.24, 2.45) is 0 Å². The quantitative estimate of drug-likeness (QED) is 0.167. The SMILES string of the molecule is Cc1cccc2oc(-c3ccc(-c4nc(-c5ccc(-c6nc7c(C)cccc7o6)cc5)nc(-c5ccc(-c6nc7c(C)cccc7o6)cc5)n4)cc3)nc12. The summed E-state index contributed by atoms with van der Waals surface area (Å²) >= 11 is 0. The number of nitrogens with zero attached hydrogens (tertiary/aromatic N) is 6. The van der Waals surface area contributed by atoms with Crippen LogP contribution in [0.5, 0.6) is 0 Å². The molecule has 0 unspecified atom stereocenters. The Bertz CT molecular complexity index is 2670. The molecule has 0 spiro atoms. The number of benzene rings is 6. The van der Waals surface area contributed by atoms with E-state index in [1.54, 1.807) is 0 Å². The number of rotatable bonds is 6. The van der Waals surface area contributed by atoms with Crippen molar-refractivity contribution in [1.82, 2.24) is 29.9 Å². The van der Waals surface area contributed by atoms with Crippen LogP contribution in [0.3, 0.4) is 0 Å². The first-order valence-electron chi connectivity index (χ1n) is 17.6. The van der Waals surface area contributed by atoms with Crippen LogP contribution in [0.4, 0.5) is 0 Å². The number of aryl methyl sites for hydroxylation is 3. The average molecular weight is 703 g/mol. The minimum absolute atomic E-state index is 0.534. The van der Waals surface area contributed by atoms with Crippen LogP contribution in [0.2, 0.25) is 0 Å². The Labute approximate surface area is 309 Å². The van der Waals surface area contributed by atoms with Gasteiger partial charge in [0.1, 0.15) is 16.6 Å². The second kappa shape index (κ2) is 12.5. The highest BCUT2D eigenvalue weighted by Crippen LogP contribution is 2.33. The van der Waals surface area contributed by atoms with Crippen molar-refractivity contribution in [2.45, 2.75) is 20.8 Å². The molecule has 0 radical (unpaired) electrons. The molecule has 0 saturated heterocycles. The fourth-order valence-corrected chi connectivity index (χ4v) is 6.68. The Morgan fingerprint density at radius 1 is 0.296 bits per heavy atom. The molecule has 0 fully saturated rings. The molecule has 4 aromatic heterocycles. The van der Waals surface area contributed by atoms with Crippen molar-refractivity contribution in [1.29, 1.82) is 0 Å². The van der Waals surface area contributed by atoms with Gasteiger partial charge in [0.05, 0.1) is 0 Å². The van der Waals surface area contributed by atoms with Crippen molar-refractivity contribution < 1.29 is 13.3 Å². The van der Waals surface area contributed by atoms with Crippen LogP contribution in [-0.2, 0) is 0 Å². The Kier molecular flexibility index (Phi) is 7.26. The number of fused-ring (bicyclic) bond motifs is 3. The zero-order valence-corrected chi connectivity index (χ0v) is 29.5. The standard InChI is InChI=1S/C45H30N6O3/c1-25-7-4-10-34-37(25)46-43(52-34)31-19-13-28(14-20-31)40-49-41(29-15-21-32(22-16-29)44-47-38-26(2)8-5-11-35(38)53-44)51-42(50-40)30-17-23-33(24-18-30)45-48-39-27(3)9-6-12-36(39)54-45/h4-24H,1-3H3. The molecular formula is C45H30N6O3. The summed E-state index contributed by atoms with van der Waals surface area (Å²) in [6, 6.07) is 41.6. The fraction of sp³-hybridized carbons (Fsp3) is 0.0667. The van der Waals surface area contributed by atoms with Crippen LogP contribution < -0.4 is 0 Å². The minimum atomic E-state index is 0.534. The second-order valence-corrected chi connectivity index (χ2v) is 13.4. The maximum atomic E-state index is 6.09. The molecule has 10 aromatic rings. The number of hydrogen-bond acceptors (Lipinski definition) is 9. The van der Waals surface area contributed by atoms with E-state index in [1.165, 1.54) is 0 Å². The van der Waals surface area contributed by atoms with Gasteiger partial charge in [-0.2, -0.15) is 0 Å². The second-order valence-electron chi connectivity index (χ2n) is 13.4. The van der Waals surface area contributed by atoms with Crippen molar-refractivity contribution in [3.63, 3.8) is 0 Å². The van der Waals surface area contributed by atoms with Gasteiger partial charge in [0.15, 0.2) is 34.2 Å². The van der Waals surface area contributed by atoms with Crippen molar-refractivity contribution in [2.75, 3.05) is 0 Å². The Morgan fingerprint density at radius 3 is 0.815 bits per heavy atom. The van der Waals surface area contributed by atoms with Gasteiger partial charge < -0.3 is 13.3 Å². The van der Waals surface area contributed by atoms with E-state index in [4.69, 9.17) is 43.2 Å². The van der Waals surface area contributed by atoms with E-state index in [0.717, 1.165) is 83.4 Å². The molecule has 0 N–H and O–H groups in total. The summed E-state index contributed by atoms with van der Waals surface area (Å²) in [6.45, 7) is 6.09. The summed E-state index contributed by atoms with van der Waals surface area (Å²) in [4.78, 5) is 29.2. The lowest BCUT2D eigenvalue weighted by atomic mass is 10.1. The first-order valence-corrected chi connectivity index (χ1v) is 17.6. The van der Waals surface area contributed by atoms with E-state index in [0.29, 0.717) is 35.1 Å². The Hall–Kier alpha value is -7.26. The third kappa shape index (κ3) is 5.50. The minimum Gasteiger partial charge on any atom is -0.436 e. The van der Waals surface area contributed by atoms with Crippen LogP contribution in [0, 0.1) is 20.8 Å². The number of aromatic nitrogens is 6. The van der Waals surface area contributed by atoms with Gasteiger partial charge in [-0.15, -0.1) is 0 Å². The molecule has 0 bridgehead atoms. The van der Waals surface area contributed by atoms with Crippen LogP contribution >= 0.6 is 0 Å². The van der Waals surface area contributed by atoms with Gasteiger partial charge in [-0.05, 0) is 92.1 Å². The Morgan fingerprint density at radius 2 is 0.556 bits per heavy atom. The molecule has 0 amide bonds. The topological polar surface area (TPSA) is 117 Å². The van der Waals surface area contributed by atoms with E-state index >= 15 is 0 Å². The predicted octanol–water partition coefficient (Wildman–Crippen LogP) is 11.2. The van der Waals surface area contributed by atoms with Gasteiger partial charge in [0.25, 0.3) is 0 Å². The van der Waals surface area contributed by atoms with Crippen LogP contribution in [0.1, 0.15) is 16.7 Å². The van der Waals surface area contributed by atoms with Crippen molar-refractivity contribution >= 4 is 33.3 Å². The summed E-state index contributed by atoms with van der Waals surface area (Å²) in [5.41, 5.74) is 13.1. The normalized spacial score (nSPS) is 11.6. The molecule has 258 valence electrons. The largest absolute Gasteiger partial charge is 0.436 e. The van der Waals surface area contributed by atoms with Crippen LogP contribution in [0.25, 0.3) is 102 Å². The van der Waals surface area contributed by atoms with Gasteiger partial charge >= 0.3 is 0 Å². The molecule has 6 aromatic carbocycles. The Balaban J connectivity index is 1.03. The van der Waals surface area contributed by atoms with E-state index in [2.05, 4.69) is 0 Å². The molecular weight excluding hydrogens is 673 g/mol. The van der Waals surface area contributed by atoms with Crippen LogP contribution in [0.15, 0.2) is 141 Å². The number of hydrogen-bond donors (Lipinski definition) is 0. The third-order valence-corrected chi connectivity index (χ3v) is 9.67. The molecule has 0 saturated carbocycles. The monoisotopic (exact) mass is 702 g/mol. The lowest BCUT2D eigenvalue weighted by Crippen LogP contribution is -2.00. The van der Waals surface area contributed by atoms with Crippen molar-refractivity contribution in [3.05, 3.63) is 144 Å². The molecule has 0 aliphatic heterocycles. The summed E-state index contributed by atoms with van der Waals surface area (Å²) in [7, 11) is 0. The highest BCUT2D eigenvalue weighted by Gasteiger charge is 2.17. The maximum absolute atomic E-state index is 6.09. The summed E-state index contributed by atoms with van der Waals surface area (Å²) < 4.78 is 18.3. The molecule has 4 heterocycles. The highest BCUT2D eigenvalue weighted by atomic mass is 16.4. The molecule has 54 heavy (non-hydrogen) atoms. The van der Waals surface area contributed by atoms with Gasteiger partial charge in [0, 0.05) is 33.4 Å². The molecule has 9 nitrogen and oxygen atoms in total. The fourth-order valence-electron chi connectivity index (χ4n) is 6.68. The van der Waals surface area contributed by atoms with E-state index in [9.17, 15) is 0 Å². The van der Waals surface area contributed by atoms with Crippen molar-refractivity contribution in [3.8, 4) is 68.5 Å². The number of para-hydroxylation sites is 3. The van der Waals surface area contributed by atoms with Gasteiger partial charge in [0.2, 0.25) is 17.7 Å². The number of oxazole rings is 3. The predicted molar refractivity (Wildman–Crippen MR) is 209 cm³/mol. The van der Waals surface area contributed by atoms with E-state index in [1.807, 2.05) is 148 Å². The third-order valence-electron chi connectivity index (χ3n) is 9.67. The zero-order valence-electron chi connectivity index (χ0n) is 29.5. The average Bonchev–Trinajstić information content (AvgIpc) is 3.97. The van der Waals surface area contributed by atoms with E-state index in [-0.39, 0.29) is 0 Å². The molecule has 0 aliphatic carbocycles. The summed E-state index contributed by atoms with van der Waals surface area (Å²) in [5, 5.41) is 0. The molecule has 0 aliphatic rings. The lowest BCUT2D eigenvalue weighted by Gasteiger charge is -2.09. The first kappa shape index (κ1) is 31.5. The maximum Gasteiger partial charge on any atom is 0.227 e. The smallest absolute Gasteiger partial charge is 0.227 e. The van der Waals surface area contributed by atoms with E-state index < -0.39 is 0 Å². The first-order chi connectivity index (χ1) is 26.4. The highest BCUT2D eigenvalue weighted by molar-refractivity contribution is 5.82. The summed E-state index contributed by atoms with van der Waals surface area (Å²) in [6.07, 6.45) is 0. The van der Waals surface area contributed by atoms with Gasteiger partial charge in [-0.25, -0.2) is 29.9 Å². The van der Waals surface area contributed by atoms with Gasteiger partial charge in [-0.1, -0.05) is 72.8 Å². The van der Waals surface area contributed by atoms with Gasteiger partial charge in [-0.3, -0.25) is 0 Å². The lowest BCUT2D eigenvalue weighted by molar-refractivity contribution is 0.619.